The van der Waals surface area contributed by atoms with Crippen molar-refractivity contribution in [3.8, 4) is 34.3 Å². The number of nitrogen functional groups attached to an aromatic ring is 1. The Morgan fingerprint density at radius 3 is 2.59 bits per heavy atom. The molecule has 0 amide bonds. The van der Waals surface area contributed by atoms with E-state index in [1.807, 2.05) is 24.3 Å². The maximum atomic E-state index is 5.77. The molecule has 3 rings (SSSR count). The summed E-state index contributed by atoms with van der Waals surface area (Å²) in [5.41, 5.74) is 7.87. The average Bonchev–Trinajstić information content (AvgIpc) is 3.03. The van der Waals surface area contributed by atoms with E-state index in [2.05, 4.69) is 10.1 Å². The molecule has 3 aromatic rings. The summed E-state index contributed by atoms with van der Waals surface area (Å²) in [5, 5.41) is 4.01. The Bertz CT molecular complexity index is 799. The fourth-order valence-electron chi connectivity index (χ4n) is 2.19. The van der Waals surface area contributed by atoms with Crippen molar-refractivity contribution < 1.29 is 14.0 Å². The summed E-state index contributed by atoms with van der Waals surface area (Å²) >= 11 is 0. The molecule has 0 unspecified atom stereocenters. The first-order valence-electron chi connectivity index (χ1n) is 6.64. The molecule has 0 spiro atoms. The number of benzene rings is 2. The highest BCUT2D eigenvalue weighted by atomic mass is 16.5. The van der Waals surface area contributed by atoms with Gasteiger partial charge in [0.1, 0.15) is 0 Å². The van der Waals surface area contributed by atoms with Gasteiger partial charge >= 0.3 is 0 Å². The normalized spacial score (nSPS) is 10.5. The lowest BCUT2D eigenvalue weighted by Crippen LogP contribution is -1.94. The number of nitrogens with two attached hydrogens (primary N) is 1. The Labute approximate surface area is 127 Å². The molecule has 0 saturated heterocycles. The highest BCUT2D eigenvalue weighted by Gasteiger charge is 2.17. The summed E-state index contributed by atoms with van der Waals surface area (Å²) in [6, 6.07) is 12.8. The summed E-state index contributed by atoms with van der Waals surface area (Å²) in [6.45, 7) is 0. The maximum absolute atomic E-state index is 5.77. The van der Waals surface area contributed by atoms with Crippen molar-refractivity contribution in [2.45, 2.75) is 0 Å². The van der Waals surface area contributed by atoms with Crippen molar-refractivity contribution >= 4 is 5.69 Å². The van der Waals surface area contributed by atoms with E-state index in [0.717, 1.165) is 5.56 Å². The van der Waals surface area contributed by atoms with Gasteiger partial charge in [-0.3, -0.25) is 0 Å². The van der Waals surface area contributed by atoms with E-state index in [1.54, 1.807) is 32.4 Å². The highest BCUT2D eigenvalue weighted by Crippen LogP contribution is 2.37. The summed E-state index contributed by atoms with van der Waals surface area (Å²) in [7, 11) is 3.15. The van der Waals surface area contributed by atoms with Crippen LogP contribution in [0.15, 0.2) is 47.0 Å². The first-order chi connectivity index (χ1) is 10.7. The number of hydrogen-bond acceptors (Lipinski definition) is 6. The zero-order valence-corrected chi connectivity index (χ0v) is 12.2. The molecule has 1 aromatic heterocycles. The first kappa shape index (κ1) is 13.9. The van der Waals surface area contributed by atoms with Gasteiger partial charge in [-0.1, -0.05) is 17.3 Å². The fourth-order valence-corrected chi connectivity index (χ4v) is 2.19. The van der Waals surface area contributed by atoms with Gasteiger partial charge in [-0.15, -0.1) is 0 Å². The third-order valence-corrected chi connectivity index (χ3v) is 3.20. The van der Waals surface area contributed by atoms with Crippen molar-refractivity contribution in [1.82, 2.24) is 10.1 Å². The van der Waals surface area contributed by atoms with E-state index in [0.29, 0.717) is 34.5 Å². The molecule has 2 aromatic carbocycles. The molecule has 0 atom stereocenters. The van der Waals surface area contributed by atoms with Crippen molar-refractivity contribution in [1.29, 1.82) is 0 Å². The third-order valence-electron chi connectivity index (χ3n) is 3.20. The second-order valence-electron chi connectivity index (χ2n) is 4.59. The van der Waals surface area contributed by atoms with Crippen LogP contribution in [0.25, 0.3) is 22.8 Å². The molecule has 0 fully saturated rings. The number of nitrogens with zero attached hydrogens (tertiary/aromatic N) is 2. The van der Waals surface area contributed by atoms with E-state index >= 15 is 0 Å². The van der Waals surface area contributed by atoms with Crippen LogP contribution in [-0.4, -0.2) is 24.4 Å². The molecule has 6 nitrogen and oxygen atoms in total. The Kier molecular flexibility index (Phi) is 3.65. The number of para-hydroxylation sites is 1. The lowest BCUT2D eigenvalue weighted by molar-refractivity contribution is 0.355. The van der Waals surface area contributed by atoms with E-state index in [9.17, 15) is 0 Å². The maximum Gasteiger partial charge on any atom is 0.258 e. The van der Waals surface area contributed by atoms with Gasteiger partial charge in [0.25, 0.3) is 5.89 Å². The quantitative estimate of drug-likeness (QED) is 0.745. The predicted octanol–water partition coefficient (Wildman–Crippen LogP) is 3.00. The molecule has 22 heavy (non-hydrogen) atoms. The molecular formula is C16H15N3O3. The third kappa shape index (κ3) is 2.46. The van der Waals surface area contributed by atoms with Crippen LogP contribution in [-0.2, 0) is 0 Å². The van der Waals surface area contributed by atoms with Crippen molar-refractivity contribution in [2.75, 3.05) is 20.0 Å². The van der Waals surface area contributed by atoms with E-state index in [1.165, 1.54) is 0 Å². The van der Waals surface area contributed by atoms with Crippen molar-refractivity contribution in [2.24, 2.45) is 0 Å². The second kappa shape index (κ2) is 5.77. The number of rotatable bonds is 4. The largest absolute Gasteiger partial charge is 0.493 e. The van der Waals surface area contributed by atoms with Gasteiger partial charge in [0.15, 0.2) is 11.5 Å². The van der Waals surface area contributed by atoms with Crippen LogP contribution in [0.4, 0.5) is 5.69 Å². The van der Waals surface area contributed by atoms with Crippen LogP contribution in [0.1, 0.15) is 0 Å². The fraction of sp³-hybridized carbons (Fsp3) is 0.125. The van der Waals surface area contributed by atoms with Crippen LogP contribution in [0.3, 0.4) is 0 Å². The predicted molar refractivity (Wildman–Crippen MR) is 82.7 cm³/mol. The van der Waals surface area contributed by atoms with Gasteiger partial charge < -0.3 is 19.7 Å². The number of methoxy groups -OCH3 is 2. The number of hydrogen-bond donors (Lipinski definition) is 1. The van der Waals surface area contributed by atoms with Crippen LogP contribution in [0.5, 0.6) is 11.5 Å². The summed E-state index contributed by atoms with van der Waals surface area (Å²) in [6.07, 6.45) is 0. The summed E-state index contributed by atoms with van der Waals surface area (Å²) in [5.74, 6) is 1.99. The Hall–Kier alpha value is -3.02. The van der Waals surface area contributed by atoms with E-state index < -0.39 is 0 Å². The van der Waals surface area contributed by atoms with Crippen molar-refractivity contribution in [3.63, 3.8) is 0 Å². The molecule has 112 valence electrons. The Balaban J connectivity index is 2.05. The average molecular weight is 297 g/mol. The zero-order valence-electron chi connectivity index (χ0n) is 12.2. The molecular weight excluding hydrogens is 282 g/mol. The summed E-state index contributed by atoms with van der Waals surface area (Å²) in [4.78, 5) is 4.41. The molecule has 0 bridgehead atoms. The minimum absolute atomic E-state index is 0.396. The molecule has 0 aliphatic rings. The molecule has 1 heterocycles. The van der Waals surface area contributed by atoms with Gasteiger partial charge in [-0.25, -0.2) is 0 Å². The summed E-state index contributed by atoms with van der Waals surface area (Å²) < 4.78 is 16.0. The second-order valence-corrected chi connectivity index (χ2v) is 4.59. The lowest BCUT2D eigenvalue weighted by Gasteiger charge is -2.09. The van der Waals surface area contributed by atoms with Gasteiger partial charge in [-0.05, 0) is 30.3 Å². The smallest absolute Gasteiger partial charge is 0.258 e. The van der Waals surface area contributed by atoms with E-state index in [4.69, 9.17) is 19.7 Å². The van der Waals surface area contributed by atoms with Gasteiger partial charge in [0, 0.05) is 11.3 Å². The van der Waals surface area contributed by atoms with Gasteiger partial charge in [0.2, 0.25) is 5.82 Å². The number of anilines is 1. The molecule has 2 N–H and O–H groups in total. The zero-order chi connectivity index (χ0) is 15.5. The molecule has 0 aliphatic carbocycles. The van der Waals surface area contributed by atoms with Crippen molar-refractivity contribution in [3.05, 3.63) is 42.5 Å². The van der Waals surface area contributed by atoms with Gasteiger partial charge in [-0.2, -0.15) is 4.98 Å². The van der Waals surface area contributed by atoms with Crippen LogP contribution >= 0.6 is 0 Å². The SMILES string of the molecule is COc1cccc(-c2noc(-c3cccc(N)c3)n2)c1OC. The molecule has 0 saturated carbocycles. The van der Waals surface area contributed by atoms with Crippen LogP contribution < -0.4 is 15.2 Å². The number of ether oxygens (including phenoxy) is 2. The molecule has 6 heteroatoms. The topological polar surface area (TPSA) is 83.4 Å². The lowest BCUT2D eigenvalue weighted by atomic mass is 10.1. The standard InChI is InChI=1S/C16H15N3O3/c1-20-13-8-4-7-12(14(13)21-2)15-18-16(22-19-15)10-5-3-6-11(17)9-10/h3-9H,17H2,1-2H3. The van der Waals surface area contributed by atoms with E-state index in [-0.39, 0.29) is 0 Å². The van der Waals surface area contributed by atoms with Crippen LogP contribution in [0, 0.1) is 0 Å². The van der Waals surface area contributed by atoms with Crippen LogP contribution in [0.2, 0.25) is 0 Å². The van der Waals surface area contributed by atoms with Gasteiger partial charge in [0.05, 0.1) is 19.8 Å². The Morgan fingerprint density at radius 1 is 1.05 bits per heavy atom. The number of aromatic nitrogens is 2. The monoisotopic (exact) mass is 297 g/mol. The molecule has 0 aliphatic heterocycles. The minimum Gasteiger partial charge on any atom is -0.493 e. The first-order valence-corrected chi connectivity index (χ1v) is 6.64. The minimum atomic E-state index is 0.396. The highest BCUT2D eigenvalue weighted by molar-refractivity contribution is 5.70. The molecule has 0 radical (unpaired) electrons. The Morgan fingerprint density at radius 2 is 1.86 bits per heavy atom.